The van der Waals surface area contributed by atoms with E-state index in [1.807, 2.05) is 0 Å². The summed E-state index contributed by atoms with van der Waals surface area (Å²) in [5, 5.41) is 0. The number of carbonyl (C=O) groups is 1. The number of esters is 1. The predicted octanol–water partition coefficient (Wildman–Crippen LogP) is 1.34. The summed E-state index contributed by atoms with van der Waals surface area (Å²) < 4.78 is 9.19. The third-order valence-corrected chi connectivity index (χ3v) is 1.23. The van der Waals surface area contributed by atoms with E-state index in [0.29, 0.717) is 5.69 Å². The van der Waals surface area contributed by atoms with E-state index in [1.54, 1.807) is 6.92 Å². The van der Waals surface area contributed by atoms with Gasteiger partial charge in [0.05, 0.1) is 5.69 Å². The van der Waals surface area contributed by atoms with E-state index in [4.69, 9.17) is 16.0 Å². The van der Waals surface area contributed by atoms with Gasteiger partial charge >= 0.3 is 5.97 Å². The summed E-state index contributed by atoms with van der Waals surface area (Å²) in [5.74, 6) is -0.486. The van der Waals surface area contributed by atoms with E-state index in [9.17, 15) is 4.79 Å². The highest BCUT2D eigenvalue weighted by atomic mass is 35.5. The van der Waals surface area contributed by atoms with Gasteiger partial charge in [-0.05, 0) is 6.92 Å². The number of rotatable bonds is 2. The minimum absolute atomic E-state index is 0.102. The first kappa shape index (κ1) is 8.07. The molecule has 0 amide bonds. The van der Waals surface area contributed by atoms with Crippen LogP contribution < -0.4 is 0 Å². The van der Waals surface area contributed by atoms with E-state index in [-0.39, 0.29) is 11.8 Å². The van der Waals surface area contributed by atoms with E-state index < -0.39 is 5.97 Å². The molecule has 0 atom stereocenters. The summed E-state index contributed by atoms with van der Waals surface area (Å²) in [7, 11) is 0. The van der Waals surface area contributed by atoms with Gasteiger partial charge in [0.25, 0.3) is 0 Å². The van der Waals surface area contributed by atoms with Crippen molar-refractivity contribution in [2.75, 3.05) is 6.07 Å². The van der Waals surface area contributed by atoms with Crippen molar-refractivity contribution in [1.29, 1.82) is 0 Å². The van der Waals surface area contributed by atoms with Crippen LogP contribution in [0, 0.1) is 6.92 Å². The SMILES string of the molecule is Cc1ncoc1C(=O)OCCl. The van der Waals surface area contributed by atoms with Crippen molar-refractivity contribution in [3.63, 3.8) is 0 Å². The van der Waals surface area contributed by atoms with E-state index in [2.05, 4.69) is 9.72 Å². The van der Waals surface area contributed by atoms with Crippen molar-refractivity contribution in [1.82, 2.24) is 4.98 Å². The Hall–Kier alpha value is -1.03. The fraction of sp³-hybridized carbons (Fsp3) is 0.333. The monoisotopic (exact) mass is 175 g/mol. The van der Waals surface area contributed by atoms with Crippen molar-refractivity contribution in [2.24, 2.45) is 0 Å². The van der Waals surface area contributed by atoms with Crippen LogP contribution in [0.5, 0.6) is 0 Å². The molecule has 0 N–H and O–H groups in total. The molecule has 0 bridgehead atoms. The summed E-state index contributed by atoms with van der Waals surface area (Å²) in [6.07, 6.45) is 1.18. The minimum atomic E-state index is -0.588. The Labute approximate surface area is 68.1 Å². The van der Waals surface area contributed by atoms with Gasteiger partial charge in [0, 0.05) is 0 Å². The first-order valence-corrected chi connectivity index (χ1v) is 3.42. The first-order chi connectivity index (χ1) is 5.25. The predicted molar refractivity (Wildman–Crippen MR) is 37.4 cm³/mol. The van der Waals surface area contributed by atoms with Gasteiger partial charge in [0.15, 0.2) is 12.5 Å². The molecule has 0 saturated carbocycles. The summed E-state index contributed by atoms with van der Waals surface area (Å²) in [6, 6.07) is -0.182. The van der Waals surface area contributed by atoms with Crippen molar-refractivity contribution >= 4 is 17.6 Å². The fourth-order valence-electron chi connectivity index (χ4n) is 0.613. The highest BCUT2D eigenvalue weighted by Gasteiger charge is 2.14. The lowest BCUT2D eigenvalue weighted by Gasteiger charge is -1.95. The Bertz CT molecular complexity index is 258. The topological polar surface area (TPSA) is 52.3 Å². The maximum absolute atomic E-state index is 10.9. The first-order valence-electron chi connectivity index (χ1n) is 2.89. The number of carbonyl (C=O) groups excluding carboxylic acids is 1. The third-order valence-electron chi connectivity index (χ3n) is 1.12. The molecule has 0 spiro atoms. The van der Waals surface area contributed by atoms with Crippen LogP contribution in [0.2, 0.25) is 0 Å². The lowest BCUT2D eigenvalue weighted by molar-refractivity contribution is 0.0537. The van der Waals surface area contributed by atoms with Crippen LogP contribution in [-0.4, -0.2) is 17.0 Å². The summed E-state index contributed by atoms with van der Waals surface area (Å²) >= 11 is 5.16. The number of oxazole rings is 1. The van der Waals surface area contributed by atoms with Crippen molar-refractivity contribution in [3.05, 3.63) is 17.8 Å². The second-order valence-electron chi connectivity index (χ2n) is 1.81. The second kappa shape index (κ2) is 3.39. The normalized spacial score (nSPS) is 9.64. The molecular weight excluding hydrogens is 170 g/mol. The lowest BCUT2D eigenvalue weighted by Crippen LogP contribution is -2.03. The zero-order valence-corrected chi connectivity index (χ0v) is 6.59. The molecule has 0 saturated heterocycles. The third kappa shape index (κ3) is 1.71. The molecule has 0 aliphatic rings. The number of halogens is 1. The Morgan fingerprint density at radius 1 is 1.91 bits per heavy atom. The largest absolute Gasteiger partial charge is 0.443 e. The number of alkyl halides is 1. The van der Waals surface area contributed by atoms with Gasteiger partial charge in [-0.15, -0.1) is 0 Å². The maximum Gasteiger partial charge on any atom is 0.377 e. The molecule has 0 fully saturated rings. The van der Waals surface area contributed by atoms with E-state index >= 15 is 0 Å². The number of ether oxygens (including phenoxy) is 1. The number of nitrogens with zero attached hydrogens (tertiary/aromatic N) is 1. The molecule has 11 heavy (non-hydrogen) atoms. The van der Waals surface area contributed by atoms with Crippen LogP contribution in [0.25, 0.3) is 0 Å². The van der Waals surface area contributed by atoms with Crippen LogP contribution in [0.1, 0.15) is 16.2 Å². The molecule has 60 valence electrons. The molecule has 0 aromatic carbocycles. The van der Waals surface area contributed by atoms with Gasteiger partial charge in [0.2, 0.25) is 5.76 Å². The van der Waals surface area contributed by atoms with Crippen molar-refractivity contribution in [2.45, 2.75) is 6.92 Å². The molecule has 4 nitrogen and oxygen atoms in total. The van der Waals surface area contributed by atoms with Gasteiger partial charge < -0.3 is 9.15 Å². The molecule has 0 aliphatic carbocycles. The van der Waals surface area contributed by atoms with Crippen molar-refractivity contribution in [3.8, 4) is 0 Å². The number of hydrogen-bond acceptors (Lipinski definition) is 4. The zero-order chi connectivity index (χ0) is 8.27. The van der Waals surface area contributed by atoms with Gasteiger partial charge in [-0.2, -0.15) is 0 Å². The van der Waals surface area contributed by atoms with E-state index in [1.165, 1.54) is 6.39 Å². The molecule has 5 heteroatoms. The van der Waals surface area contributed by atoms with Gasteiger partial charge in [-0.3, -0.25) is 0 Å². The summed E-state index contributed by atoms with van der Waals surface area (Å²) in [5.41, 5.74) is 0.500. The van der Waals surface area contributed by atoms with Crippen LogP contribution >= 0.6 is 11.6 Å². The Kier molecular flexibility index (Phi) is 2.48. The molecule has 0 aliphatic heterocycles. The smallest absolute Gasteiger partial charge is 0.377 e. The second-order valence-corrected chi connectivity index (χ2v) is 2.03. The van der Waals surface area contributed by atoms with Gasteiger partial charge in [-0.25, -0.2) is 9.78 Å². The van der Waals surface area contributed by atoms with E-state index in [0.717, 1.165) is 0 Å². The summed E-state index contributed by atoms with van der Waals surface area (Å²) in [6.45, 7) is 1.65. The Balaban J connectivity index is 2.76. The van der Waals surface area contributed by atoms with Crippen LogP contribution in [0.3, 0.4) is 0 Å². The fourth-order valence-corrected chi connectivity index (χ4v) is 0.712. The minimum Gasteiger partial charge on any atom is -0.443 e. The highest BCUT2D eigenvalue weighted by Crippen LogP contribution is 2.06. The quantitative estimate of drug-likeness (QED) is 0.503. The Morgan fingerprint density at radius 2 is 2.64 bits per heavy atom. The molecule has 1 heterocycles. The van der Waals surface area contributed by atoms with Gasteiger partial charge in [-0.1, -0.05) is 11.6 Å². The number of hydrogen-bond donors (Lipinski definition) is 0. The number of aromatic nitrogens is 1. The molecule has 1 aromatic heterocycles. The van der Waals surface area contributed by atoms with Crippen LogP contribution in [0.4, 0.5) is 0 Å². The molecule has 1 rings (SSSR count). The average molecular weight is 176 g/mol. The number of aryl methyl sites for hydroxylation is 1. The highest BCUT2D eigenvalue weighted by molar-refractivity contribution is 6.17. The molecule has 0 radical (unpaired) electrons. The van der Waals surface area contributed by atoms with Crippen LogP contribution in [-0.2, 0) is 4.74 Å². The molecular formula is C6H6ClNO3. The van der Waals surface area contributed by atoms with Crippen LogP contribution in [0.15, 0.2) is 10.8 Å². The maximum atomic E-state index is 10.9. The summed E-state index contributed by atoms with van der Waals surface area (Å²) in [4.78, 5) is 14.6. The van der Waals surface area contributed by atoms with Gasteiger partial charge in [0.1, 0.15) is 0 Å². The standard InChI is InChI=1S/C6H6ClNO3/c1-4-5(11-3-8-4)6(9)10-2-7/h3H,2H2,1H3. The molecule has 1 aromatic rings. The average Bonchev–Trinajstić information content (AvgIpc) is 2.36. The zero-order valence-electron chi connectivity index (χ0n) is 5.83. The lowest BCUT2D eigenvalue weighted by atomic mass is 10.4. The Morgan fingerprint density at radius 3 is 3.09 bits per heavy atom. The molecule has 0 unspecified atom stereocenters. The van der Waals surface area contributed by atoms with Crippen molar-refractivity contribution < 1.29 is 13.9 Å².